The average molecular weight is 340 g/mol. The molecular weight excluding hydrogens is 327 g/mol. The summed E-state index contributed by atoms with van der Waals surface area (Å²) in [7, 11) is 0. The predicted molar refractivity (Wildman–Crippen MR) is 75.1 cm³/mol. The van der Waals surface area contributed by atoms with Crippen LogP contribution >= 0.6 is 39.9 Å². The third kappa shape index (κ3) is 3.85. The molecular formula is C11H13BrCl2N2O. The molecule has 2 N–H and O–H groups in total. The molecule has 0 aliphatic carbocycles. The normalized spacial score (nSPS) is 18.6. The van der Waals surface area contributed by atoms with Crippen LogP contribution < -0.4 is 10.6 Å². The Labute approximate surface area is 120 Å². The number of rotatable bonds is 2. The monoisotopic (exact) mass is 338 g/mol. The maximum absolute atomic E-state index is 11.9. The van der Waals surface area contributed by atoms with E-state index in [9.17, 15) is 4.79 Å². The molecule has 1 aliphatic heterocycles. The van der Waals surface area contributed by atoms with E-state index in [0.717, 1.165) is 24.0 Å². The molecule has 2 rings (SSSR count). The van der Waals surface area contributed by atoms with E-state index < -0.39 is 0 Å². The van der Waals surface area contributed by atoms with Gasteiger partial charge in [-0.1, -0.05) is 11.6 Å². The van der Waals surface area contributed by atoms with Gasteiger partial charge in [-0.2, -0.15) is 0 Å². The van der Waals surface area contributed by atoms with Crippen molar-refractivity contribution in [2.24, 2.45) is 0 Å². The summed E-state index contributed by atoms with van der Waals surface area (Å²) in [5.41, 5.74) is 0.628. The summed E-state index contributed by atoms with van der Waals surface area (Å²) in [4.78, 5) is 11.9. The first-order chi connectivity index (χ1) is 7.66. The molecule has 94 valence electrons. The van der Waals surface area contributed by atoms with Crippen LogP contribution in [0.25, 0.3) is 0 Å². The van der Waals surface area contributed by atoms with Crippen molar-refractivity contribution in [1.82, 2.24) is 10.6 Å². The van der Waals surface area contributed by atoms with Crippen molar-refractivity contribution in [2.45, 2.75) is 12.5 Å². The Morgan fingerprint density at radius 3 is 2.88 bits per heavy atom. The van der Waals surface area contributed by atoms with Crippen molar-refractivity contribution in [2.75, 3.05) is 13.1 Å². The highest BCUT2D eigenvalue weighted by molar-refractivity contribution is 9.10. The van der Waals surface area contributed by atoms with Gasteiger partial charge < -0.3 is 10.6 Å². The molecule has 1 unspecified atom stereocenters. The Hall–Kier alpha value is -0.290. The lowest BCUT2D eigenvalue weighted by Crippen LogP contribution is -2.36. The number of amides is 1. The zero-order valence-electron chi connectivity index (χ0n) is 9.00. The number of nitrogens with one attached hydrogen (secondary N) is 2. The Morgan fingerprint density at radius 2 is 2.29 bits per heavy atom. The van der Waals surface area contributed by atoms with Crippen LogP contribution in [-0.4, -0.2) is 25.0 Å². The summed E-state index contributed by atoms with van der Waals surface area (Å²) < 4.78 is 0.742. The van der Waals surface area contributed by atoms with Gasteiger partial charge in [-0.3, -0.25) is 4.79 Å². The van der Waals surface area contributed by atoms with Crippen LogP contribution in [-0.2, 0) is 0 Å². The summed E-state index contributed by atoms with van der Waals surface area (Å²) >= 11 is 9.17. The van der Waals surface area contributed by atoms with E-state index >= 15 is 0 Å². The molecule has 1 fully saturated rings. The quantitative estimate of drug-likeness (QED) is 0.869. The van der Waals surface area contributed by atoms with E-state index in [1.165, 1.54) is 0 Å². The smallest absolute Gasteiger partial charge is 0.251 e. The third-order valence-corrected chi connectivity index (χ3v) is 3.79. The van der Waals surface area contributed by atoms with Gasteiger partial charge in [0.2, 0.25) is 0 Å². The van der Waals surface area contributed by atoms with Crippen molar-refractivity contribution >= 4 is 45.8 Å². The first-order valence-corrected chi connectivity index (χ1v) is 6.30. The number of carbonyl (C=O) groups is 1. The highest BCUT2D eigenvalue weighted by atomic mass is 79.9. The van der Waals surface area contributed by atoms with Gasteiger partial charge in [-0.25, -0.2) is 0 Å². The second-order valence-electron chi connectivity index (χ2n) is 3.79. The Balaban J connectivity index is 0.00000144. The molecule has 1 aliphatic rings. The van der Waals surface area contributed by atoms with Gasteiger partial charge in [-0.15, -0.1) is 12.4 Å². The van der Waals surface area contributed by atoms with E-state index in [0.29, 0.717) is 10.6 Å². The van der Waals surface area contributed by atoms with Crippen LogP contribution in [0.5, 0.6) is 0 Å². The summed E-state index contributed by atoms with van der Waals surface area (Å²) in [5, 5.41) is 6.79. The Kier molecular flexibility index (Phi) is 5.73. The average Bonchev–Trinajstić information content (AvgIpc) is 2.74. The maximum atomic E-state index is 11.9. The van der Waals surface area contributed by atoms with Crippen molar-refractivity contribution < 1.29 is 4.79 Å². The topological polar surface area (TPSA) is 41.1 Å². The number of halogens is 3. The number of hydrogen-bond acceptors (Lipinski definition) is 2. The van der Waals surface area contributed by atoms with Crippen LogP contribution in [0.4, 0.5) is 0 Å². The fourth-order valence-electron chi connectivity index (χ4n) is 1.68. The summed E-state index contributed by atoms with van der Waals surface area (Å²) in [6.07, 6.45) is 0.987. The van der Waals surface area contributed by atoms with Crippen molar-refractivity contribution in [3.63, 3.8) is 0 Å². The molecule has 1 saturated heterocycles. The van der Waals surface area contributed by atoms with Crippen molar-refractivity contribution in [1.29, 1.82) is 0 Å². The first kappa shape index (κ1) is 14.8. The van der Waals surface area contributed by atoms with E-state index in [1.54, 1.807) is 18.2 Å². The minimum absolute atomic E-state index is 0. The van der Waals surface area contributed by atoms with Gasteiger partial charge in [0.1, 0.15) is 0 Å². The molecule has 1 amide bonds. The van der Waals surface area contributed by atoms with Crippen LogP contribution in [0.15, 0.2) is 22.7 Å². The Bertz CT molecular complexity index is 408. The molecule has 0 bridgehead atoms. The Morgan fingerprint density at radius 1 is 1.53 bits per heavy atom. The standard InChI is InChI=1S/C11H12BrClN2O.ClH/c12-9-5-7(1-2-10(9)13)11(16)15-8-3-4-14-6-8;/h1-2,5,8,14H,3-4,6H2,(H,15,16);1H. The van der Waals surface area contributed by atoms with Gasteiger partial charge in [0, 0.05) is 22.6 Å². The zero-order valence-corrected chi connectivity index (χ0v) is 12.2. The third-order valence-electron chi connectivity index (χ3n) is 2.58. The molecule has 17 heavy (non-hydrogen) atoms. The van der Waals surface area contributed by atoms with Gasteiger partial charge in [0.25, 0.3) is 5.91 Å². The fourth-order valence-corrected chi connectivity index (χ4v) is 2.18. The number of carbonyl (C=O) groups excluding carboxylic acids is 1. The molecule has 0 spiro atoms. The van der Waals surface area contributed by atoms with E-state index in [-0.39, 0.29) is 24.4 Å². The maximum Gasteiger partial charge on any atom is 0.251 e. The SMILES string of the molecule is Cl.O=C(NC1CCNC1)c1ccc(Cl)c(Br)c1. The summed E-state index contributed by atoms with van der Waals surface area (Å²) in [6, 6.07) is 5.42. The van der Waals surface area contributed by atoms with Gasteiger partial charge in [-0.05, 0) is 47.1 Å². The highest BCUT2D eigenvalue weighted by Crippen LogP contribution is 2.23. The van der Waals surface area contributed by atoms with Crippen molar-refractivity contribution in [3.8, 4) is 0 Å². The second-order valence-corrected chi connectivity index (χ2v) is 5.05. The fraction of sp³-hybridized carbons (Fsp3) is 0.364. The molecule has 0 aromatic heterocycles. The summed E-state index contributed by atoms with van der Waals surface area (Å²) in [6.45, 7) is 1.82. The lowest BCUT2D eigenvalue weighted by molar-refractivity contribution is 0.0940. The number of benzene rings is 1. The molecule has 1 aromatic carbocycles. The largest absolute Gasteiger partial charge is 0.348 e. The number of hydrogen-bond donors (Lipinski definition) is 2. The van der Waals surface area contributed by atoms with Crippen LogP contribution in [0.2, 0.25) is 5.02 Å². The van der Waals surface area contributed by atoms with E-state index in [2.05, 4.69) is 26.6 Å². The molecule has 1 aromatic rings. The molecule has 6 heteroatoms. The van der Waals surface area contributed by atoms with Gasteiger partial charge >= 0.3 is 0 Å². The minimum Gasteiger partial charge on any atom is -0.348 e. The molecule has 3 nitrogen and oxygen atoms in total. The lowest BCUT2D eigenvalue weighted by atomic mass is 10.2. The highest BCUT2D eigenvalue weighted by Gasteiger charge is 2.17. The van der Waals surface area contributed by atoms with Crippen LogP contribution in [0.3, 0.4) is 0 Å². The molecule has 1 atom stereocenters. The molecule has 0 radical (unpaired) electrons. The van der Waals surface area contributed by atoms with Gasteiger partial charge in [0.15, 0.2) is 0 Å². The molecule has 1 heterocycles. The summed E-state index contributed by atoms with van der Waals surface area (Å²) in [5.74, 6) is -0.0499. The minimum atomic E-state index is -0.0499. The van der Waals surface area contributed by atoms with Crippen LogP contribution in [0, 0.1) is 0 Å². The van der Waals surface area contributed by atoms with Crippen LogP contribution in [0.1, 0.15) is 16.8 Å². The first-order valence-electron chi connectivity index (χ1n) is 5.13. The van der Waals surface area contributed by atoms with Gasteiger partial charge in [0.05, 0.1) is 5.02 Å². The van der Waals surface area contributed by atoms with E-state index in [4.69, 9.17) is 11.6 Å². The zero-order chi connectivity index (χ0) is 11.5. The molecule has 0 saturated carbocycles. The second kappa shape index (κ2) is 6.59. The van der Waals surface area contributed by atoms with E-state index in [1.807, 2.05) is 0 Å². The lowest BCUT2D eigenvalue weighted by Gasteiger charge is -2.11. The predicted octanol–water partition coefficient (Wildman–Crippen LogP) is 2.62. The van der Waals surface area contributed by atoms with Crippen molar-refractivity contribution in [3.05, 3.63) is 33.3 Å².